The average molecular weight is 301 g/mol. The van der Waals surface area contributed by atoms with E-state index in [1.807, 2.05) is 35.9 Å². The molecule has 1 aromatic heterocycles. The van der Waals surface area contributed by atoms with Gasteiger partial charge in [0.1, 0.15) is 11.9 Å². The number of nitrogens with zero attached hydrogens (tertiary/aromatic N) is 2. The van der Waals surface area contributed by atoms with Crippen molar-refractivity contribution in [2.24, 2.45) is 7.05 Å². The van der Waals surface area contributed by atoms with E-state index in [1.165, 1.54) is 0 Å². The Morgan fingerprint density at radius 1 is 1.41 bits per heavy atom. The number of para-hydroxylation sites is 2. The molecule has 0 aliphatic carbocycles. The summed E-state index contributed by atoms with van der Waals surface area (Å²) in [7, 11) is 1.92. The maximum absolute atomic E-state index is 11.8. The molecule has 6 heteroatoms. The molecule has 22 heavy (non-hydrogen) atoms. The van der Waals surface area contributed by atoms with Gasteiger partial charge in [-0.1, -0.05) is 12.1 Å². The van der Waals surface area contributed by atoms with Crippen molar-refractivity contribution in [1.82, 2.24) is 14.9 Å². The lowest BCUT2D eigenvalue weighted by Gasteiger charge is -2.08. The van der Waals surface area contributed by atoms with Crippen molar-refractivity contribution in [3.05, 3.63) is 30.1 Å². The molecule has 0 spiro atoms. The summed E-state index contributed by atoms with van der Waals surface area (Å²) in [6.07, 6.45) is 2.27. The maximum Gasteiger partial charge on any atom is 0.330 e. The third-order valence-corrected chi connectivity index (χ3v) is 3.99. The van der Waals surface area contributed by atoms with E-state index in [1.54, 1.807) is 0 Å². The molecule has 1 aliphatic rings. The van der Waals surface area contributed by atoms with Crippen LogP contribution in [-0.2, 0) is 27.8 Å². The second kappa shape index (κ2) is 6.27. The van der Waals surface area contributed by atoms with Crippen LogP contribution in [-0.4, -0.2) is 34.1 Å². The Balaban J connectivity index is 1.58. The Morgan fingerprint density at radius 3 is 2.95 bits per heavy atom. The molecule has 0 radical (unpaired) electrons. The van der Waals surface area contributed by atoms with E-state index < -0.39 is 11.9 Å². The number of carbonyl (C=O) groups excluding carboxylic acids is 2. The number of rotatable bonds is 4. The van der Waals surface area contributed by atoms with Gasteiger partial charge >= 0.3 is 11.9 Å². The van der Waals surface area contributed by atoms with E-state index in [4.69, 9.17) is 4.74 Å². The van der Waals surface area contributed by atoms with Gasteiger partial charge in [-0.15, -0.1) is 0 Å². The maximum atomic E-state index is 11.8. The number of fused-ring (bicyclic) bond motifs is 1. The second-order valence-electron chi connectivity index (χ2n) is 5.52. The number of aromatic nitrogens is 2. The highest BCUT2D eigenvalue weighted by molar-refractivity contribution is 5.88. The zero-order valence-electron chi connectivity index (χ0n) is 12.5. The first-order valence-corrected chi connectivity index (χ1v) is 7.53. The number of esters is 2. The van der Waals surface area contributed by atoms with Gasteiger partial charge in [0.15, 0.2) is 0 Å². The first-order chi connectivity index (χ1) is 10.6. The Labute approximate surface area is 128 Å². The number of hydrogen-bond donors (Lipinski definition) is 1. The molecule has 2 aromatic rings. The lowest BCUT2D eigenvalue weighted by atomic mass is 10.2. The Bertz CT molecular complexity index is 702. The topological polar surface area (TPSA) is 73.2 Å². The fraction of sp³-hybridized carbons (Fsp3) is 0.438. The number of ether oxygens (including phenoxy) is 1. The molecule has 116 valence electrons. The Hall–Kier alpha value is -2.21. The number of benzene rings is 1. The van der Waals surface area contributed by atoms with Gasteiger partial charge in [-0.25, -0.2) is 9.78 Å². The summed E-state index contributed by atoms with van der Waals surface area (Å²) in [5, 5.41) is 3.02. The molecule has 6 nitrogen and oxygen atoms in total. The highest BCUT2D eigenvalue weighted by atomic mass is 16.6. The van der Waals surface area contributed by atoms with Crippen LogP contribution >= 0.6 is 0 Å². The molecule has 1 saturated heterocycles. The lowest BCUT2D eigenvalue weighted by molar-refractivity contribution is -0.160. The highest BCUT2D eigenvalue weighted by Crippen LogP contribution is 2.15. The van der Waals surface area contributed by atoms with E-state index in [0.717, 1.165) is 36.2 Å². The molecule has 1 aromatic carbocycles. The number of imidazole rings is 1. The van der Waals surface area contributed by atoms with Crippen LogP contribution in [0.2, 0.25) is 0 Å². The van der Waals surface area contributed by atoms with Gasteiger partial charge in [0.2, 0.25) is 0 Å². The van der Waals surface area contributed by atoms with Crippen LogP contribution in [0.5, 0.6) is 0 Å². The van der Waals surface area contributed by atoms with E-state index in [2.05, 4.69) is 10.3 Å². The normalized spacial score (nSPS) is 17.8. The summed E-state index contributed by atoms with van der Waals surface area (Å²) < 4.78 is 6.85. The minimum absolute atomic E-state index is 0.148. The SMILES string of the molecule is Cn1c(CCC(=O)OC(=O)[C@@H]2CCCN2)nc2ccccc21. The summed E-state index contributed by atoms with van der Waals surface area (Å²) >= 11 is 0. The Morgan fingerprint density at radius 2 is 2.23 bits per heavy atom. The van der Waals surface area contributed by atoms with Crippen LogP contribution in [0.25, 0.3) is 11.0 Å². The molecule has 0 unspecified atom stereocenters. The largest absolute Gasteiger partial charge is 0.392 e. The Kier molecular flexibility index (Phi) is 4.20. The van der Waals surface area contributed by atoms with Gasteiger partial charge in [-0.3, -0.25) is 4.79 Å². The summed E-state index contributed by atoms with van der Waals surface area (Å²) in [5.74, 6) is -0.150. The summed E-state index contributed by atoms with van der Waals surface area (Å²) in [4.78, 5) is 28.0. The molecule has 1 fully saturated rings. The fourth-order valence-electron chi connectivity index (χ4n) is 2.75. The number of aryl methyl sites for hydroxylation is 2. The van der Waals surface area contributed by atoms with Crippen LogP contribution in [0.4, 0.5) is 0 Å². The van der Waals surface area contributed by atoms with Crippen LogP contribution in [0.3, 0.4) is 0 Å². The van der Waals surface area contributed by atoms with Crippen molar-refractivity contribution in [2.75, 3.05) is 6.54 Å². The molecule has 0 saturated carbocycles. The molecule has 2 heterocycles. The van der Waals surface area contributed by atoms with E-state index in [0.29, 0.717) is 6.42 Å². The first-order valence-electron chi connectivity index (χ1n) is 7.53. The van der Waals surface area contributed by atoms with Crippen molar-refractivity contribution in [3.63, 3.8) is 0 Å². The third-order valence-electron chi connectivity index (χ3n) is 3.99. The molecular formula is C16H19N3O3. The van der Waals surface area contributed by atoms with Crippen LogP contribution in [0.15, 0.2) is 24.3 Å². The van der Waals surface area contributed by atoms with Gasteiger partial charge in [-0.05, 0) is 31.5 Å². The minimum atomic E-state index is -0.495. The van der Waals surface area contributed by atoms with E-state index in [-0.39, 0.29) is 12.5 Å². The van der Waals surface area contributed by atoms with E-state index >= 15 is 0 Å². The second-order valence-corrected chi connectivity index (χ2v) is 5.52. The lowest BCUT2D eigenvalue weighted by Crippen LogP contribution is -2.33. The summed E-state index contributed by atoms with van der Waals surface area (Å²) in [5.41, 5.74) is 1.93. The molecule has 0 amide bonds. The summed E-state index contributed by atoms with van der Waals surface area (Å²) in [6.45, 7) is 0.799. The summed E-state index contributed by atoms with van der Waals surface area (Å²) in [6, 6.07) is 7.47. The fourth-order valence-corrected chi connectivity index (χ4v) is 2.75. The number of carbonyl (C=O) groups is 2. The average Bonchev–Trinajstić information content (AvgIpc) is 3.14. The molecule has 0 bridgehead atoms. The van der Waals surface area contributed by atoms with Gasteiger partial charge in [-0.2, -0.15) is 0 Å². The van der Waals surface area contributed by atoms with Crippen LogP contribution in [0, 0.1) is 0 Å². The monoisotopic (exact) mass is 301 g/mol. The molecule has 1 N–H and O–H groups in total. The predicted octanol–water partition coefficient (Wildman–Crippen LogP) is 1.33. The molecular weight excluding hydrogens is 282 g/mol. The van der Waals surface area contributed by atoms with Gasteiger partial charge < -0.3 is 14.6 Å². The minimum Gasteiger partial charge on any atom is -0.392 e. The quantitative estimate of drug-likeness (QED) is 0.681. The number of nitrogens with one attached hydrogen (secondary N) is 1. The standard InChI is InChI=1S/C16H19N3O3/c1-19-13-7-3-2-5-11(13)18-14(19)8-9-15(20)22-16(21)12-6-4-10-17-12/h2-3,5,7,12,17H,4,6,8-10H2,1H3/t12-/m0/s1. The molecule has 1 aliphatic heterocycles. The zero-order chi connectivity index (χ0) is 15.5. The van der Waals surface area contributed by atoms with Crippen molar-refractivity contribution in [2.45, 2.75) is 31.7 Å². The van der Waals surface area contributed by atoms with Crippen molar-refractivity contribution < 1.29 is 14.3 Å². The molecule has 3 rings (SSSR count). The first kappa shape index (κ1) is 14.7. The van der Waals surface area contributed by atoms with Gasteiger partial charge in [0, 0.05) is 13.5 Å². The zero-order valence-corrected chi connectivity index (χ0v) is 12.5. The highest BCUT2D eigenvalue weighted by Gasteiger charge is 2.25. The van der Waals surface area contributed by atoms with Gasteiger partial charge in [0.05, 0.1) is 17.5 Å². The van der Waals surface area contributed by atoms with Crippen molar-refractivity contribution >= 4 is 23.0 Å². The van der Waals surface area contributed by atoms with Crippen LogP contribution < -0.4 is 5.32 Å². The third kappa shape index (κ3) is 3.01. The van der Waals surface area contributed by atoms with E-state index in [9.17, 15) is 9.59 Å². The van der Waals surface area contributed by atoms with Gasteiger partial charge in [0.25, 0.3) is 0 Å². The predicted molar refractivity (Wildman–Crippen MR) is 81.2 cm³/mol. The van der Waals surface area contributed by atoms with Crippen LogP contribution in [0.1, 0.15) is 25.1 Å². The van der Waals surface area contributed by atoms with Crippen molar-refractivity contribution in [3.8, 4) is 0 Å². The molecule has 1 atom stereocenters. The van der Waals surface area contributed by atoms with Crippen molar-refractivity contribution in [1.29, 1.82) is 0 Å². The smallest absolute Gasteiger partial charge is 0.330 e. The number of hydrogen-bond acceptors (Lipinski definition) is 5.